The largest absolute Gasteiger partial charge is 0.352 e. The van der Waals surface area contributed by atoms with Crippen molar-refractivity contribution < 1.29 is 14.0 Å². The van der Waals surface area contributed by atoms with Crippen LogP contribution in [0.15, 0.2) is 97.3 Å². The van der Waals surface area contributed by atoms with Crippen LogP contribution < -0.4 is 20.3 Å². The summed E-state index contributed by atoms with van der Waals surface area (Å²) in [5.74, 6) is -0.212. The average molecular weight is 646 g/mol. The molecule has 0 saturated heterocycles. The Balaban J connectivity index is 0.000000370. The maximum atomic E-state index is 14.0. The van der Waals surface area contributed by atoms with Crippen LogP contribution in [0.4, 0.5) is 10.1 Å². The number of anilines is 1. The Hall–Kier alpha value is -4.05. The number of pyridine rings is 1. The molecule has 0 aliphatic rings. The zero-order valence-corrected chi connectivity index (χ0v) is 28.7. The maximum Gasteiger partial charge on any atom is 0.251 e. The Labute approximate surface area is 278 Å². The number of rotatable bonds is 13. The van der Waals surface area contributed by atoms with Crippen LogP contribution in [0.5, 0.6) is 0 Å². The zero-order valence-electron chi connectivity index (χ0n) is 27.8. The van der Waals surface area contributed by atoms with E-state index in [-0.39, 0.29) is 5.91 Å². The molecule has 0 unspecified atom stereocenters. The van der Waals surface area contributed by atoms with Crippen LogP contribution in [0.25, 0.3) is 0 Å². The monoisotopic (exact) mass is 645 g/mol. The molecule has 1 amide bonds. The third kappa shape index (κ3) is 14.8. The second-order valence-corrected chi connectivity index (χ2v) is 12.0. The van der Waals surface area contributed by atoms with E-state index < -0.39 is 5.67 Å². The lowest BCUT2D eigenvalue weighted by Gasteiger charge is -2.17. The first-order valence-corrected chi connectivity index (χ1v) is 16.5. The van der Waals surface area contributed by atoms with Crippen LogP contribution in [0.1, 0.15) is 63.2 Å². The topological polar surface area (TPSA) is 86.4 Å². The SMILES string of the molecule is CNCc1ccccc1.CSN(C)c1cc(C=O)cc(C(=O)NCCCNCc2cncc(C(C)(C)F)c2)c1.Cc1ccccc1. The standard InChI is InChI=1S/C22H29FN4O2S.C8H11N.C7H8/c1-22(2,23)19-9-17(13-25-14-19)12-24-6-5-7-26-21(29)18-8-16(15-28)10-20(11-18)27(3)30-4;1-9-7-8-5-3-2-4-6-8;1-7-5-3-2-4-6-7/h8-11,13-15,24H,5-7,12H2,1-4H3,(H,26,29);2-6,9H,7H2,1H3;2-6H,1H3. The number of aromatic nitrogens is 1. The summed E-state index contributed by atoms with van der Waals surface area (Å²) in [5, 5.41) is 9.24. The number of amides is 1. The molecular formula is C37H48FN5O2S. The quantitative estimate of drug-likeness (QED) is 0.0811. The van der Waals surface area contributed by atoms with Gasteiger partial charge in [-0.3, -0.25) is 14.6 Å². The minimum absolute atomic E-state index is 0.212. The maximum absolute atomic E-state index is 14.0. The van der Waals surface area contributed by atoms with Crippen LogP contribution in [0.3, 0.4) is 0 Å². The van der Waals surface area contributed by atoms with E-state index in [0.717, 1.165) is 30.5 Å². The van der Waals surface area contributed by atoms with Gasteiger partial charge in [-0.15, -0.1) is 0 Å². The molecule has 0 atom stereocenters. The Kier molecular flexibility index (Phi) is 17.3. The molecule has 9 heteroatoms. The Morgan fingerprint density at radius 3 is 2.17 bits per heavy atom. The molecule has 1 aromatic heterocycles. The van der Waals surface area contributed by atoms with Gasteiger partial charge in [-0.1, -0.05) is 78.2 Å². The first-order chi connectivity index (χ1) is 22.1. The number of hydrogen-bond donors (Lipinski definition) is 3. The molecule has 4 rings (SSSR count). The van der Waals surface area contributed by atoms with Crippen LogP contribution in [0, 0.1) is 6.92 Å². The second kappa shape index (κ2) is 20.9. The lowest BCUT2D eigenvalue weighted by molar-refractivity contribution is 0.0953. The third-order valence-electron chi connectivity index (χ3n) is 6.77. The van der Waals surface area contributed by atoms with Gasteiger partial charge in [0.15, 0.2) is 0 Å². The molecule has 0 aliphatic heterocycles. The predicted molar refractivity (Wildman–Crippen MR) is 191 cm³/mol. The third-order valence-corrected chi connectivity index (χ3v) is 7.52. The summed E-state index contributed by atoms with van der Waals surface area (Å²) in [6.45, 7) is 7.84. The Morgan fingerprint density at radius 2 is 1.61 bits per heavy atom. The number of hydrogen-bond acceptors (Lipinski definition) is 7. The van der Waals surface area contributed by atoms with E-state index >= 15 is 0 Å². The van der Waals surface area contributed by atoms with E-state index in [4.69, 9.17) is 0 Å². The molecule has 1 heterocycles. The molecule has 0 spiro atoms. The van der Waals surface area contributed by atoms with Gasteiger partial charge in [0.2, 0.25) is 0 Å². The summed E-state index contributed by atoms with van der Waals surface area (Å²) in [4.78, 5) is 27.7. The molecular weight excluding hydrogens is 598 g/mol. The molecule has 7 nitrogen and oxygen atoms in total. The van der Waals surface area contributed by atoms with Crippen molar-refractivity contribution in [2.45, 2.75) is 46.0 Å². The molecule has 4 aromatic rings. The number of aldehydes is 1. The van der Waals surface area contributed by atoms with Crippen LogP contribution in [0.2, 0.25) is 0 Å². The van der Waals surface area contributed by atoms with E-state index in [2.05, 4.69) is 52.1 Å². The average Bonchev–Trinajstić information content (AvgIpc) is 3.07. The summed E-state index contributed by atoms with van der Waals surface area (Å²) in [6, 6.07) is 27.5. The summed E-state index contributed by atoms with van der Waals surface area (Å²) in [7, 11) is 3.83. The van der Waals surface area contributed by atoms with E-state index in [0.29, 0.717) is 36.3 Å². The highest BCUT2D eigenvalue weighted by Gasteiger charge is 2.19. The number of halogens is 1. The first-order valence-electron chi connectivity index (χ1n) is 15.3. The number of nitrogens with one attached hydrogen (secondary N) is 3. The number of benzene rings is 3. The van der Waals surface area contributed by atoms with E-state index in [1.807, 2.05) is 67.1 Å². The molecule has 0 saturated carbocycles. The number of aryl methyl sites for hydroxylation is 1. The van der Waals surface area contributed by atoms with Gasteiger partial charge in [-0.2, -0.15) is 0 Å². The summed E-state index contributed by atoms with van der Waals surface area (Å²) >= 11 is 1.50. The zero-order chi connectivity index (χ0) is 33.8. The van der Waals surface area contributed by atoms with Crippen molar-refractivity contribution in [1.82, 2.24) is 20.9 Å². The van der Waals surface area contributed by atoms with Gasteiger partial charge in [0.05, 0.1) is 0 Å². The summed E-state index contributed by atoms with van der Waals surface area (Å²) in [6.07, 6.45) is 6.66. The van der Waals surface area contributed by atoms with Crippen LogP contribution in [-0.2, 0) is 18.8 Å². The molecule has 0 fully saturated rings. The van der Waals surface area contributed by atoms with Gasteiger partial charge < -0.3 is 20.3 Å². The van der Waals surface area contributed by atoms with Gasteiger partial charge in [-0.25, -0.2) is 4.39 Å². The molecule has 0 aliphatic carbocycles. The summed E-state index contributed by atoms with van der Waals surface area (Å²) in [5.41, 5.74) is 4.43. The first kappa shape index (κ1) is 38.1. The molecule has 3 N–H and O–H groups in total. The van der Waals surface area contributed by atoms with E-state index in [1.54, 1.807) is 30.6 Å². The van der Waals surface area contributed by atoms with Crippen molar-refractivity contribution in [2.75, 3.05) is 37.7 Å². The van der Waals surface area contributed by atoms with Crippen molar-refractivity contribution in [3.63, 3.8) is 0 Å². The fourth-order valence-corrected chi connectivity index (χ4v) is 4.43. The van der Waals surface area contributed by atoms with Crippen molar-refractivity contribution in [2.24, 2.45) is 0 Å². The minimum atomic E-state index is -1.42. The number of carbonyl (C=O) groups is 2. The van der Waals surface area contributed by atoms with E-state index in [1.165, 1.54) is 36.9 Å². The lowest BCUT2D eigenvalue weighted by atomic mass is 10.0. The fourth-order valence-electron chi connectivity index (χ4n) is 4.11. The fraction of sp³-hybridized carbons (Fsp3) is 0.324. The van der Waals surface area contributed by atoms with Crippen molar-refractivity contribution >= 4 is 29.8 Å². The van der Waals surface area contributed by atoms with Crippen LogP contribution in [-0.4, -0.2) is 50.6 Å². The van der Waals surface area contributed by atoms with Crippen molar-refractivity contribution in [3.8, 4) is 0 Å². The van der Waals surface area contributed by atoms with Gasteiger partial charge in [0.25, 0.3) is 5.91 Å². The lowest BCUT2D eigenvalue weighted by Crippen LogP contribution is -2.27. The van der Waals surface area contributed by atoms with Gasteiger partial charge >= 0.3 is 0 Å². The Bertz CT molecular complexity index is 1450. The number of nitrogens with zero attached hydrogens (tertiary/aromatic N) is 2. The Morgan fingerprint density at radius 1 is 0.935 bits per heavy atom. The molecule has 246 valence electrons. The van der Waals surface area contributed by atoms with Crippen molar-refractivity contribution in [1.29, 1.82) is 0 Å². The smallest absolute Gasteiger partial charge is 0.251 e. The second-order valence-electron chi connectivity index (χ2n) is 11.1. The summed E-state index contributed by atoms with van der Waals surface area (Å²) < 4.78 is 15.9. The molecule has 0 radical (unpaired) electrons. The minimum Gasteiger partial charge on any atom is -0.352 e. The number of carbonyl (C=O) groups excluding carboxylic acids is 2. The van der Waals surface area contributed by atoms with Gasteiger partial charge in [-0.05, 0) is 76.2 Å². The molecule has 0 bridgehead atoms. The highest BCUT2D eigenvalue weighted by Crippen LogP contribution is 2.24. The predicted octanol–water partition coefficient (Wildman–Crippen LogP) is 7.12. The number of alkyl halides is 1. The highest BCUT2D eigenvalue weighted by molar-refractivity contribution is 7.99. The van der Waals surface area contributed by atoms with E-state index in [9.17, 15) is 14.0 Å². The molecule has 3 aromatic carbocycles. The normalized spacial score (nSPS) is 10.5. The van der Waals surface area contributed by atoms with Crippen molar-refractivity contribution in [3.05, 3.63) is 131 Å². The van der Waals surface area contributed by atoms with Crippen LogP contribution >= 0.6 is 11.9 Å². The van der Waals surface area contributed by atoms with Gasteiger partial charge in [0, 0.05) is 67.7 Å². The van der Waals surface area contributed by atoms with Gasteiger partial charge in [0.1, 0.15) is 12.0 Å². The molecule has 46 heavy (non-hydrogen) atoms. The highest BCUT2D eigenvalue weighted by atomic mass is 32.2.